The molecule has 338 valence electrons. The van der Waals surface area contributed by atoms with E-state index in [1.165, 1.54) is 5.69 Å². The lowest BCUT2D eigenvalue weighted by molar-refractivity contribution is 0.390. The molecule has 0 unspecified atom stereocenters. The summed E-state index contributed by atoms with van der Waals surface area (Å²) in [5.41, 5.74) is 21.2. The molecule has 0 amide bonds. The first-order valence-corrected chi connectivity index (χ1v) is 24.4. The Balaban J connectivity index is 0.937. The Bertz CT molecular complexity index is 3650. The summed E-state index contributed by atoms with van der Waals surface area (Å²) in [5, 5.41) is 11.9. The summed E-state index contributed by atoms with van der Waals surface area (Å²) in [7, 11) is 0. The Morgan fingerprint density at radius 1 is 0.338 bits per heavy atom. The van der Waals surface area contributed by atoms with Crippen LogP contribution < -0.4 is 14.7 Å². The molecule has 0 bridgehead atoms. The van der Waals surface area contributed by atoms with Gasteiger partial charge in [-0.1, -0.05) is 140 Å². The Kier molecular flexibility index (Phi) is 10.4. The molecule has 71 heavy (non-hydrogen) atoms. The number of rotatable bonds is 9. The highest BCUT2D eigenvalue weighted by Gasteiger charge is 2.30. The molecule has 11 aromatic rings. The summed E-state index contributed by atoms with van der Waals surface area (Å²) in [5.74, 6) is 0.430. The zero-order chi connectivity index (χ0) is 47.3. The molecular weight excluding hydrogens is 865 g/mol. The van der Waals surface area contributed by atoms with E-state index in [-0.39, 0.29) is 0 Å². The van der Waals surface area contributed by atoms with Gasteiger partial charge in [-0.3, -0.25) is 0 Å². The van der Waals surface area contributed by atoms with E-state index in [1.807, 2.05) is 6.08 Å². The average molecular weight is 913 g/mol. The molecule has 0 saturated carbocycles. The van der Waals surface area contributed by atoms with Crippen LogP contribution in [0.4, 0.5) is 51.2 Å². The molecule has 5 nitrogen and oxygen atoms in total. The maximum atomic E-state index is 10.8. The molecule has 0 atom stereocenters. The van der Waals surface area contributed by atoms with Crippen LogP contribution >= 0.6 is 0 Å². The number of hydrogen-bond donors (Lipinski definition) is 1. The van der Waals surface area contributed by atoms with Gasteiger partial charge in [-0.05, 0) is 161 Å². The van der Waals surface area contributed by atoms with E-state index < -0.39 is 0 Å². The first-order valence-electron chi connectivity index (χ1n) is 24.4. The van der Waals surface area contributed by atoms with Crippen molar-refractivity contribution in [2.24, 2.45) is 0 Å². The van der Waals surface area contributed by atoms with Crippen molar-refractivity contribution < 1.29 is 5.11 Å². The van der Waals surface area contributed by atoms with Gasteiger partial charge in [0.25, 0.3) is 0 Å². The van der Waals surface area contributed by atoms with Gasteiger partial charge in [0.2, 0.25) is 0 Å². The summed E-state index contributed by atoms with van der Waals surface area (Å²) in [6.45, 7) is 0. The Labute approximate surface area is 414 Å². The minimum Gasteiger partial charge on any atom is -0.512 e. The summed E-state index contributed by atoms with van der Waals surface area (Å²) < 4.78 is 2.36. The van der Waals surface area contributed by atoms with Gasteiger partial charge in [0.15, 0.2) is 0 Å². The second-order valence-electron chi connectivity index (χ2n) is 18.3. The van der Waals surface area contributed by atoms with Crippen LogP contribution in [-0.2, 0) is 6.42 Å². The van der Waals surface area contributed by atoms with Gasteiger partial charge in [-0.15, -0.1) is 0 Å². The highest BCUT2D eigenvalue weighted by Crippen LogP contribution is 2.54. The number of anilines is 9. The van der Waals surface area contributed by atoms with Gasteiger partial charge >= 0.3 is 0 Å². The van der Waals surface area contributed by atoms with Gasteiger partial charge in [0.05, 0.1) is 34.0 Å². The van der Waals surface area contributed by atoms with Crippen LogP contribution in [0.1, 0.15) is 17.7 Å². The quantitative estimate of drug-likeness (QED) is 0.156. The third-order valence-electron chi connectivity index (χ3n) is 14.0. The molecule has 0 radical (unpaired) electrons. The van der Waals surface area contributed by atoms with Crippen LogP contribution in [0.5, 0.6) is 0 Å². The molecule has 1 N–H and O–H groups in total. The van der Waals surface area contributed by atoms with E-state index in [9.17, 15) is 5.11 Å². The van der Waals surface area contributed by atoms with Crippen molar-refractivity contribution in [1.82, 2.24) is 4.57 Å². The highest BCUT2D eigenvalue weighted by molar-refractivity contribution is 6.02. The minimum atomic E-state index is 0.430. The van der Waals surface area contributed by atoms with Crippen molar-refractivity contribution in [2.45, 2.75) is 12.8 Å². The van der Waals surface area contributed by atoms with Gasteiger partial charge in [-0.25, -0.2) is 0 Å². The van der Waals surface area contributed by atoms with Crippen molar-refractivity contribution in [1.29, 1.82) is 0 Å². The zero-order valence-corrected chi connectivity index (χ0v) is 39.0. The Morgan fingerprint density at radius 2 is 0.775 bits per heavy atom. The molecule has 2 heterocycles. The van der Waals surface area contributed by atoms with Crippen molar-refractivity contribution in [2.75, 3.05) is 14.7 Å². The lowest BCUT2D eigenvalue weighted by Gasteiger charge is -2.40. The van der Waals surface area contributed by atoms with E-state index in [1.54, 1.807) is 0 Å². The van der Waals surface area contributed by atoms with E-state index in [2.05, 4.69) is 274 Å². The second kappa shape index (κ2) is 17.6. The van der Waals surface area contributed by atoms with Crippen molar-refractivity contribution in [3.8, 4) is 39.1 Å². The van der Waals surface area contributed by atoms with Crippen molar-refractivity contribution >= 4 is 68.2 Å². The molecule has 10 aromatic carbocycles. The molecule has 5 heteroatoms. The van der Waals surface area contributed by atoms with Crippen LogP contribution in [0.25, 0.3) is 56.0 Å². The van der Waals surface area contributed by atoms with Crippen molar-refractivity contribution in [3.63, 3.8) is 0 Å². The molecule has 0 saturated heterocycles. The Morgan fingerprint density at radius 3 is 1.31 bits per heavy atom. The van der Waals surface area contributed by atoms with E-state index in [0.717, 1.165) is 113 Å². The monoisotopic (exact) mass is 912 g/mol. The van der Waals surface area contributed by atoms with Crippen LogP contribution in [0.15, 0.2) is 261 Å². The molecule has 1 aliphatic carbocycles. The minimum absolute atomic E-state index is 0.430. The fourth-order valence-electron chi connectivity index (χ4n) is 10.7. The summed E-state index contributed by atoms with van der Waals surface area (Å²) in [6, 6.07) is 91.6. The third-order valence-corrected chi connectivity index (χ3v) is 14.0. The maximum absolute atomic E-state index is 10.8. The molecule has 2 aliphatic rings. The molecule has 1 aromatic heterocycles. The van der Waals surface area contributed by atoms with Crippen LogP contribution in [0.3, 0.4) is 0 Å². The van der Waals surface area contributed by atoms with Gasteiger partial charge in [0.1, 0.15) is 0 Å². The number of allylic oxidation sites excluding steroid dienone is 1. The molecule has 13 rings (SSSR count). The van der Waals surface area contributed by atoms with Crippen LogP contribution in [-0.4, -0.2) is 9.67 Å². The fourth-order valence-corrected chi connectivity index (χ4v) is 10.7. The number of aromatic nitrogens is 1. The zero-order valence-electron chi connectivity index (χ0n) is 39.0. The number of aliphatic hydroxyl groups excluding tert-OH is 1. The van der Waals surface area contributed by atoms with E-state index in [0.29, 0.717) is 12.2 Å². The standard InChI is InChI=1S/C66H48N4O/c71-58-38-40-62-60(45-58)59-44-49(31-39-61(59)68(62)52-21-9-3-10-22-52)48-29-32-54(33-30-48)67(57-42-50(46-17-5-1-6-18-46)41-51(43-57)47-19-7-2-8-20-47)55-34-36-56(37-35-55)70-65-27-15-13-25-63(65)69(53-23-11-4-12-24-53)64-26-14-16-28-66(64)70/h1-37,39,41-45,71H,38,40H2. The number of nitrogens with zero attached hydrogens (tertiary/aromatic N) is 4. The predicted octanol–water partition coefficient (Wildman–Crippen LogP) is 18.2. The number of fused-ring (bicyclic) bond motifs is 5. The smallest absolute Gasteiger partial charge is 0.0933 e. The lowest BCUT2D eigenvalue weighted by atomic mass is 9.97. The largest absolute Gasteiger partial charge is 0.512 e. The second-order valence-corrected chi connectivity index (χ2v) is 18.3. The van der Waals surface area contributed by atoms with Crippen LogP contribution in [0.2, 0.25) is 0 Å². The van der Waals surface area contributed by atoms with Crippen LogP contribution in [0, 0.1) is 0 Å². The van der Waals surface area contributed by atoms with E-state index >= 15 is 0 Å². The summed E-state index contributed by atoms with van der Waals surface area (Å²) in [6.07, 6.45) is 3.38. The van der Waals surface area contributed by atoms with E-state index in [4.69, 9.17) is 0 Å². The normalized spacial score (nSPS) is 12.8. The lowest BCUT2D eigenvalue weighted by Crippen LogP contribution is -2.23. The number of aliphatic hydroxyl groups is 1. The fraction of sp³-hybridized carbons (Fsp3) is 0.0303. The maximum Gasteiger partial charge on any atom is 0.0933 e. The predicted molar refractivity (Wildman–Crippen MR) is 296 cm³/mol. The van der Waals surface area contributed by atoms with Crippen molar-refractivity contribution in [3.05, 3.63) is 272 Å². The SMILES string of the molecule is OC1=Cc2c(n(-c3ccccc3)c3ccc(-c4ccc(N(c5ccc(N6c7ccccc7N(c7ccccc7)c7ccccc76)cc5)c5cc(-c6ccccc6)cc(-c6ccccc6)c5)cc4)cc23)CC1. The van der Waals surface area contributed by atoms with Gasteiger partial charge in [-0.2, -0.15) is 0 Å². The first kappa shape index (κ1) is 41.8. The number of hydrogen-bond acceptors (Lipinski definition) is 4. The highest BCUT2D eigenvalue weighted by atomic mass is 16.3. The first-order chi connectivity index (χ1) is 35.1. The average Bonchev–Trinajstić information content (AvgIpc) is 3.76. The molecule has 1 aliphatic heterocycles. The summed E-state index contributed by atoms with van der Waals surface area (Å²) >= 11 is 0. The number of para-hydroxylation sites is 6. The van der Waals surface area contributed by atoms with Gasteiger partial charge < -0.3 is 24.4 Å². The molecular formula is C66H48N4O. The molecule has 0 spiro atoms. The topological polar surface area (TPSA) is 34.9 Å². The third kappa shape index (κ3) is 7.52. The summed E-state index contributed by atoms with van der Waals surface area (Å²) in [4.78, 5) is 7.13. The Hall–Kier alpha value is -9.32. The molecule has 0 fully saturated rings. The van der Waals surface area contributed by atoms with Gasteiger partial charge in [0, 0.05) is 57.2 Å². The number of benzene rings is 10.